The summed E-state index contributed by atoms with van der Waals surface area (Å²) in [4.78, 5) is 16.9. The Balaban J connectivity index is 1.69. The number of nitrogens with one attached hydrogen (secondary N) is 1. The Kier molecular flexibility index (Phi) is 8.79. The lowest BCUT2D eigenvalue weighted by Crippen LogP contribution is -2.46. The quantitative estimate of drug-likeness (QED) is 0.436. The third kappa shape index (κ3) is 8.28. The number of aliphatic hydroxyl groups excluding tert-OH is 1. The Labute approximate surface area is 202 Å². The Morgan fingerprint density at radius 3 is 2.24 bits per heavy atom. The Hall–Kier alpha value is -3.22. The Bertz CT molecular complexity index is 1020. The molecule has 0 aliphatic heterocycles. The fourth-order valence-corrected chi connectivity index (χ4v) is 3.79. The number of benzene rings is 2. The second-order valence-electron chi connectivity index (χ2n) is 9.62. The summed E-state index contributed by atoms with van der Waals surface area (Å²) in [5.41, 5.74) is 9.72. The minimum Gasteiger partial charge on any atom is -0.444 e. The summed E-state index contributed by atoms with van der Waals surface area (Å²) in [6, 6.07) is 22.9. The highest BCUT2D eigenvalue weighted by atomic mass is 16.6. The molecule has 0 aliphatic rings. The maximum Gasteiger partial charge on any atom is 0.407 e. The van der Waals surface area contributed by atoms with E-state index in [1.165, 1.54) is 0 Å². The van der Waals surface area contributed by atoms with E-state index in [1.54, 1.807) is 6.20 Å². The van der Waals surface area contributed by atoms with Crippen molar-refractivity contribution >= 4 is 6.09 Å². The van der Waals surface area contributed by atoms with Gasteiger partial charge in [0.05, 0.1) is 11.8 Å². The van der Waals surface area contributed by atoms with Crippen molar-refractivity contribution in [3.63, 3.8) is 0 Å². The number of hydrogen-bond acceptors (Lipinski definition) is 5. The van der Waals surface area contributed by atoms with Crippen LogP contribution in [0.15, 0.2) is 79.0 Å². The van der Waals surface area contributed by atoms with Gasteiger partial charge >= 0.3 is 6.09 Å². The molecule has 4 N–H and O–H groups in total. The van der Waals surface area contributed by atoms with Crippen LogP contribution in [0, 0.1) is 0 Å². The number of alkyl carbamates (subject to hydrolysis) is 1. The van der Waals surface area contributed by atoms with E-state index in [2.05, 4.69) is 10.3 Å². The van der Waals surface area contributed by atoms with Gasteiger partial charge < -0.3 is 20.9 Å². The van der Waals surface area contributed by atoms with Crippen molar-refractivity contribution in [1.29, 1.82) is 0 Å². The minimum atomic E-state index is -0.784. The van der Waals surface area contributed by atoms with Crippen molar-refractivity contribution in [3.8, 4) is 11.3 Å². The van der Waals surface area contributed by atoms with Gasteiger partial charge in [-0.15, -0.1) is 0 Å². The summed E-state index contributed by atoms with van der Waals surface area (Å²) in [5, 5.41) is 13.8. The zero-order valence-corrected chi connectivity index (χ0v) is 20.1. The van der Waals surface area contributed by atoms with Crippen LogP contribution < -0.4 is 11.1 Å². The van der Waals surface area contributed by atoms with Crippen LogP contribution in [0.5, 0.6) is 0 Å². The van der Waals surface area contributed by atoms with E-state index in [0.29, 0.717) is 19.3 Å². The largest absolute Gasteiger partial charge is 0.444 e. The van der Waals surface area contributed by atoms with Gasteiger partial charge in [0.2, 0.25) is 0 Å². The maximum absolute atomic E-state index is 12.5. The van der Waals surface area contributed by atoms with Crippen LogP contribution in [-0.4, -0.2) is 40.0 Å². The minimum absolute atomic E-state index is 0.315. The van der Waals surface area contributed by atoms with Gasteiger partial charge in [-0.3, -0.25) is 4.98 Å². The van der Waals surface area contributed by atoms with E-state index in [1.807, 2.05) is 93.6 Å². The van der Waals surface area contributed by atoms with E-state index in [0.717, 1.165) is 22.4 Å². The van der Waals surface area contributed by atoms with Crippen molar-refractivity contribution in [3.05, 3.63) is 90.1 Å². The molecule has 3 aromatic rings. The molecule has 6 heteroatoms. The summed E-state index contributed by atoms with van der Waals surface area (Å²) < 4.78 is 5.45. The molecule has 0 unspecified atom stereocenters. The lowest BCUT2D eigenvalue weighted by atomic mass is 9.94. The lowest BCUT2D eigenvalue weighted by molar-refractivity contribution is 0.0475. The Morgan fingerprint density at radius 1 is 0.971 bits per heavy atom. The van der Waals surface area contributed by atoms with Crippen LogP contribution in [0.4, 0.5) is 4.79 Å². The molecule has 1 aromatic heterocycles. The van der Waals surface area contributed by atoms with Gasteiger partial charge in [0.15, 0.2) is 0 Å². The molecule has 34 heavy (non-hydrogen) atoms. The number of nitrogens with zero attached hydrogens (tertiary/aromatic N) is 1. The highest BCUT2D eigenvalue weighted by Crippen LogP contribution is 2.19. The fraction of sp³-hybridized carbons (Fsp3) is 0.357. The molecular formula is C28H35N3O3. The number of carbonyl (C=O) groups is 1. The number of amides is 1. The number of rotatable bonds is 9. The first-order valence-electron chi connectivity index (χ1n) is 11.7. The Morgan fingerprint density at radius 2 is 1.62 bits per heavy atom. The van der Waals surface area contributed by atoms with E-state index in [4.69, 9.17) is 10.5 Å². The molecule has 180 valence electrons. The normalized spacial score (nSPS) is 14.1. The molecule has 6 nitrogen and oxygen atoms in total. The fourth-order valence-electron chi connectivity index (χ4n) is 3.79. The van der Waals surface area contributed by atoms with Crippen LogP contribution in [0.25, 0.3) is 11.3 Å². The zero-order valence-electron chi connectivity index (χ0n) is 20.1. The predicted molar refractivity (Wildman–Crippen MR) is 135 cm³/mol. The molecule has 1 amide bonds. The van der Waals surface area contributed by atoms with Crippen LogP contribution >= 0.6 is 0 Å². The third-order valence-corrected chi connectivity index (χ3v) is 5.45. The van der Waals surface area contributed by atoms with Gasteiger partial charge in [0, 0.05) is 23.8 Å². The molecule has 0 saturated heterocycles. The first-order chi connectivity index (χ1) is 16.2. The van der Waals surface area contributed by atoms with Crippen LogP contribution in [0.3, 0.4) is 0 Å². The highest BCUT2D eigenvalue weighted by Gasteiger charge is 2.24. The van der Waals surface area contributed by atoms with Gasteiger partial charge in [-0.25, -0.2) is 4.79 Å². The van der Waals surface area contributed by atoms with Gasteiger partial charge in [-0.05, 0) is 63.3 Å². The lowest BCUT2D eigenvalue weighted by Gasteiger charge is -2.27. The zero-order chi connectivity index (χ0) is 24.6. The average Bonchev–Trinajstić information content (AvgIpc) is 2.79. The second-order valence-corrected chi connectivity index (χ2v) is 9.62. The number of aromatic nitrogens is 1. The van der Waals surface area contributed by atoms with Crippen molar-refractivity contribution < 1.29 is 14.6 Å². The molecule has 0 saturated carbocycles. The molecule has 2 aromatic carbocycles. The molecule has 0 bridgehead atoms. The van der Waals surface area contributed by atoms with E-state index in [9.17, 15) is 9.90 Å². The van der Waals surface area contributed by atoms with E-state index < -0.39 is 23.8 Å². The topological polar surface area (TPSA) is 97.5 Å². The van der Waals surface area contributed by atoms with Crippen molar-refractivity contribution in [1.82, 2.24) is 10.3 Å². The number of nitrogens with two attached hydrogens (primary N) is 1. The van der Waals surface area contributed by atoms with E-state index >= 15 is 0 Å². The van der Waals surface area contributed by atoms with E-state index in [-0.39, 0.29) is 6.04 Å². The molecule has 0 radical (unpaired) electrons. The second kappa shape index (κ2) is 11.8. The van der Waals surface area contributed by atoms with Crippen LogP contribution in [0.2, 0.25) is 0 Å². The molecule has 3 atom stereocenters. The summed E-state index contributed by atoms with van der Waals surface area (Å²) in [6.45, 7) is 5.47. The first-order valence-corrected chi connectivity index (χ1v) is 11.7. The maximum atomic E-state index is 12.5. The number of ether oxygens (including phenoxy) is 1. The monoisotopic (exact) mass is 461 g/mol. The average molecular weight is 462 g/mol. The van der Waals surface area contributed by atoms with Crippen LogP contribution in [-0.2, 0) is 17.6 Å². The molecule has 0 spiro atoms. The third-order valence-electron chi connectivity index (χ3n) is 5.45. The number of pyridine rings is 1. The summed E-state index contributed by atoms with van der Waals surface area (Å²) in [5.74, 6) is 0. The molecule has 0 aliphatic carbocycles. The number of aliphatic hydroxyl groups is 1. The predicted octanol–water partition coefficient (Wildman–Crippen LogP) is 4.51. The van der Waals surface area contributed by atoms with Gasteiger partial charge in [0.1, 0.15) is 5.60 Å². The standard InChI is InChI=1S/C28H35N3O3/c1-28(2,3)34-27(33)31-23(19-26(32)24(29)18-20-9-5-4-6-10-20)17-21-12-14-22(15-13-21)25-11-7-8-16-30-25/h4-16,23-24,26,32H,17-19,29H2,1-3H3,(H,31,33)/t23-,24-,26-/m0/s1. The van der Waals surface area contributed by atoms with Gasteiger partial charge in [-0.2, -0.15) is 0 Å². The van der Waals surface area contributed by atoms with Crippen molar-refractivity contribution in [2.45, 2.75) is 63.8 Å². The molecule has 0 fully saturated rings. The summed E-state index contributed by atoms with van der Waals surface area (Å²) in [6.07, 6.45) is 1.88. The van der Waals surface area contributed by atoms with Crippen molar-refractivity contribution in [2.24, 2.45) is 5.73 Å². The number of carbonyl (C=O) groups excluding carboxylic acids is 1. The first kappa shape index (κ1) is 25.4. The van der Waals surface area contributed by atoms with Crippen molar-refractivity contribution in [2.75, 3.05) is 0 Å². The summed E-state index contributed by atoms with van der Waals surface area (Å²) in [7, 11) is 0. The number of hydrogen-bond donors (Lipinski definition) is 3. The van der Waals surface area contributed by atoms with Gasteiger partial charge in [-0.1, -0.05) is 60.7 Å². The SMILES string of the molecule is CC(C)(C)OC(=O)N[C@@H](Cc1ccc(-c2ccccn2)cc1)C[C@H](O)[C@@H](N)Cc1ccccc1. The summed E-state index contributed by atoms with van der Waals surface area (Å²) >= 11 is 0. The molecular weight excluding hydrogens is 426 g/mol. The molecule has 1 heterocycles. The molecule has 3 rings (SSSR count). The van der Waals surface area contributed by atoms with Crippen LogP contribution in [0.1, 0.15) is 38.3 Å². The smallest absolute Gasteiger partial charge is 0.407 e. The van der Waals surface area contributed by atoms with Gasteiger partial charge in [0.25, 0.3) is 0 Å². The highest BCUT2D eigenvalue weighted by molar-refractivity contribution is 5.68.